The molecule has 0 atom stereocenters. The first-order valence-corrected chi connectivity index (χ1v) is 8.41. The molecule has 0 aliphatic rings. The Labute approximate surface area is 141 Å². The van der Waals surface area contributed by atoms with Gasteiger partial charge in [-0.05, 0) is 25.0 Å². The van der Waals surface area contributed by atoms with Crippen LogP contribution in [0.4, 0.5) is 0 Å². The molecule has 4 nitrogen and oxygen atoms in total. The fourth-order valence-corrected chi connectivity index (χ4v) is 1.28. The third-order valence-corrected chi connectivity index (χ3v) is 2.68. The van der Waals surface area contributed by atoms with Crippen molar-refractivity contribution in [3.8, 4) is 0 Å². The van der Waals surface area contributed by atoms with Gasteiger partial charge in [-0.15, -0.1) is 0 Å². The molecular weight excluding hydrogens is 292 g/mol. The molecule has 0 amide bonds. The quantitative estimate of drug-likeness (QED) is 0.289. The maximum absolute atomic E-state index is 8.17. The van der Waals surface area contributed by atoms with Crippen molar-refractivity contribution in [3.05, 3.63) is 49.0 Å². The lowest BCUT2D eigenvalue weighted by molar-refractivity contribution is 0.0450. The van der Waals surface area contributed by atoms with Gasteiger partial charge in [0.15, 0.2) is 0 Å². The molecule has 0 rings (SSSR count). The van der Waals surface area contributed by atoms with Crippen LogP contribution in [-0.4, -0.2) is 34.6 Å². The zero-order chi connectivity index (χ0) is 17.6. The van der Waals surface area contributed by atoms with Crippen LogP contribution in [0.1, 0.15) is 52.4 Å². The summed E-state index contributed by atoms with van der Waals surface area (Å²) in [5, 5.41) is 24.0. The van der Waals surface area contributed by atoms with E-state index in [1.807, 2.05) is 24.3 Å². The van der Waals surface area contributed by atoms with Crippen molar-refractivity contribution in [2.24, 2.45) is 0 Å². The zero-order valence-electron chi connectivity index (χ0n) is 14.6. The van der Waals surface area contributed by atoms with Crippen LogP contribution in [0.3, 0.4) is 0 Å². The summed E-state index contributed by atoms with van der Waals surface area (Å²) in [6.45, 7) is 3.67. The molecule has 3 N–H and O–H groups in total. The van der Waals surface area contributed by atoms with Gasteiger partial charge in [0, 0.05) is 0 Å². The van der Waals surface area contributed by atoms with Crippen LogP contribution in [0.5, 0.6) is 0 Å². The van der Waals surface area contributed by atoms with Crippen molar-refractivity contribution in [2.75, 3.05) is 13.2 Å². The average molecular weight is 326 g/mol. The second-order valence-electron chi connectivity index (χ2n) is 4.95. The van der Waals surface area contributed by atoms with Gasteiger partial charge >= 0.3 is 0 Å². The summed E-state index contributed by atoms with van der Waals surface area (Å²) in [7, 11) is 0. The SMILES string of the molecule is CCCCC=CC=COC=CC=CCCCC.OCC(O)CO. The smallest absolute Gasteiger partial charge is 0.100 e. The predicted octanol–water partition coefficient (Wildman–Crippen LogP) is 3.86. The van der Waals surface area contributed by atoms with Gasteiger partial charge in [-0.2, -0.15) is 0 Å². The fourth-order valence-electron chi connectivity index (χ4n) is 1.28. The van der Waals surface area contributed by atoms with Gasteiger partial charge in [-0.25, -0.2) is 0 Å². The number of hydrogen-bond acceptors (Lipinski definition) is 4. The molecule has 0 aliphatic carbocycles. The molecule has 0 spiro atoms. The predicted molar refractivity (Wildman–Crippen MR) is 96.9 cm³/mol. The second kappa shape index (κ2) is 22.9. The largest absolute Gasteiger partial charge is 0.473 e. The molecule has 0 bridgehead atoms. The van der Waals surface area contributed by atoms with Crippen LogP contribution in [-0.2, 0) is 4.74 Å². The lowest BCUT2D eigenvalue weighted by Gasteiger charge is -1.96. The molecular formula is C19H34O4. The van der Waals surface area contributed by atoms with Crippen LogP contribution in [0, 0.1) is 0 Å². The standard InChI is InChI=1S/C16H26O.C3H8O3/c1-3-5-7-9-11-13-15-17-16-14-12-10-8-6-4-2;4-1-3(6)2-5/h9-16H,3-8H2,1-2H3;3-6H,1-2H2. The number of aliphatic hydroxyl groups is 3. The number of ether oxygens (including phenoxy) is 1. The highest BCUT2D eigenvalue weighted by Crippen LogP contribution is 1.96. The molecule has 0 unspecified atom stereocenters. The lowest BCUT2D eigenvalue weighted by atomic mass is 10.2. The molecule has 0 aromatic heterocycles. The van der Waals surface area contributed by atoms with E-state index in [1.165, 1.54) is 25.7 Å². The molecule has 4 heteroatoms. The van der Waals surface area contributed by atoms with Crippen molar-refractivity contribution in [2.45, 2.75) is 58.5 Å². The van der Waals surface area contributed by atoms with Gasteiger partial charge in [0.25, 0.3) is 0 Å². The Bertz CT molecular complexity index is 289. The molecule has 0 saturated heterocycles. The second-order valence-corrected chi connectivity index (χ2v) is 4.95. The van der Waals surface area contributed by atoms with Crippen LogP contribution in [0.2, 0.25) is 0 Å². The Morgan fingerprint density at radius 2 is 1.22 bits per heavy atom. The summed E-state index contributed by atoms with van der Waals surface area (Å²) in [4.78, 5) is 0. The summed E-state index contributed by atoms with van der Waals surface area (Å²) in [5.41, 5.74) is 0. The normalized spacial score (nSPS) is 11.9. The molecule has 0 fully saturated rings. The summed E-state index contributed by atoms with van der Waals surface area (Å²) in [5.74, 6) is 0. The van der Waals surface area contributed by atoms with Crippen molar-refractivity contribution in [1.82, 2.24) is 0 Å². The topological polar surface area (TPSA) is 69.9 Å². The molecule has 0 heterocycles. The van der Waals surface area contributed by atoms with E-state index < -0.39 is 6.10 Å². The number of allylic oxidation sites excluding steroid dienone is 6. The molecule has 0 saturated carbocycles. The van der Waals surface area contributed by atoms with Gasteiger partial charge < -0.3 is 20.1 Å². The Morgan fingerprint density at radius 3 is 1.52 bits per heavy atom. The third kappa shape index (κ3) is 25.9. The fraction of sp³-hybridized carbons (Fsp3) is 0.579. The van der Waals surface area contributed by atoms with Crippen molar-refractivity contribution in [3.63, 3.8) is 0 Å². The van der Waals surface area contributed by atoms with E-state index in [0.717, 1.165) is 12.8 Å². The van der Waals surface area contributed by atoms with Crippen molar-refractivity contribution in [1.29, 1.82) is 0 Å². The monoisotopic (exact) mass is 326 g/mol. The van der Waals surface area contributed by atoms with Gasteiger partial charge in [0.05, 0.1) is 25.7 Å². The highest BCUT2D eigenvalue weighted by atomic mass is 16.5. The highest BCUT2D eigenvalue weighted by molar-refractivity contribution is 5.02. The van der Waals surface area contributed by atoms with E-state index in [-0.39, 0.29) is 13.2 Å². The zero-order valence-corrected chi connectivity index (χ0v) is 14.6. The highest BCUT2D eigenvalue weighted by Gasteiger charge is 1.93. The first-order valence-electron chi connectivity index (χ1n) is 8.41. The van der Waals surface area contributed by atoms with Gasteiger partial charge in [0.2, 0.25) is 0 Å². The van der Waals surface area contributed by atoms with E-state index in [1.54, 1.807) is 12.5 Å². The molecule has 23 heavy (non-hydrogen) atoms. The maximum Gasteiger partial charge on any atom is 0.100 e. The number of hydrogen-bond donors (Lipinski definition) is 3. The van der Waals surface area contributed by atoms with Gasteiger partial charge in [-0.3, -0.25) is 0 Å². The molecule has 0 aromatic rings. The van der Waals surface area contributed by atoms with Crippen LogP contribution < -0.4 is 0 Å². The summed E-state index contributed by atoms with van der Waals surface area (Å²) in [6.07, 6.45) is 22.0. The molecule has 134 valence electrons. The van der Waals surface area contributed by atoms with Crippen molar-refractivity contribution < 1.29 is 20.1 Å². The van der Waals surface area contributed by atoms with E-state index in [2.05, 4.69) is 26.0 Å². The Kier molecular flexibility index (Phi) is 23.8. The minimum Gasteiger partial charge on any atom is -0.473 e. The minimum atomic E-state index is -0.954. The average Bonchev–Trinajstić information content (AvgIpc) is 2.59. The number of rotatable bonds is 12. The first kappa shape index (κ1) is 23.9. The van der Waals surface area contributed by atoms with E-state index in [0.29, 0.717) is 0 Å². The maximum atomic E-state index is 8.17. The van der Waals surface area contributed by atoms with E-state index in [9.17, 15) is 0 Å². The third-order valence-electron chi connectivity index (χ3n) is 2.68. The Hall–Kier alpha value is -1.36. The van der Waals surface area contributed by atoms with E-state index in [4.69, 9.17) is 20.1 Å². The number of unbranched alkanes of at least 4 members (excludes halogenated alkanes) is 4. The van der Waals surface area contributed by atoms with Crippen LogP contribution in [0.15, 0.2) is 49.0 Å². The van der Waals surface area contributed by atoms with Crippen LogP contribution >= 0.6 is 0 Å². The van der Waals surface area contributed by atoms with Gasteiger partial charge in [0.1, 0.15) is 6.10 Å². The number of aliphatic hydroxyl groups excluding tert-OH is 3. The summed E-state index contributed by atoms with van der Waals surface area (Å²) < 4.78 is 5.18. The molecule has 0 aliphatic heterocycles. The lowest BCUT2D eigenvalue weighted by Crippen LogP contribution is -2.15. The Morgan fingerprint density at radius 1 is 0.783 bits per heavy atom. The Balaban J connectivity index is 0. The van der Waals surface area contributed by atoms with Crippen molar-refractivity contribution >= 4 is 0 Å². The van der Waals surface area contributed by atoms with E-state index >= 15 is 0 Å². The molecule has 0 aromatic carbocycles. The summed E-state index contributed by atoms with van der Waals surface area (Å²) >= 11 is 0. The molecule has 0 radical (unpaired) electrons. The first-order chi connectivity index (χ1) is 11.2. The van der Waals surface area contributed by atoms with Gasteiger partial charge in [-0.1, -0.05) is 63.8 Å². The van der Waals surface area contributed by atoms with Crippen LogP contribution in [0.25, 0.3) is 0 Å². The minimum absolute atomic E-state index is 0.365. The summed E-state index contributed by atoms with van der Waals surface area (Å²) in [6, 6.07) is 0.